The third-order valence-corrected chi connectivity index (χ3v) is 5.96. The van der Waals surface area contributed by atoms with Crippen LogP contribution in [0.2, 0.25) is 0 Å². The molecule has 2 aliphatic rings. The van der Waals surface area contributed by atoms with Gasteiger partial charge in [-0.05, 0) is 12.8 Å². The predicted molar refractivity (Wildman–Crippen MR) is 101 cm³/mol. The van der Waals surface area contributed by atoms with E-state index in [0.29, 0.717) is 0 Å². The molecule has 1 saturated heterocycles. The summed E-state index contributed by atoms with van der Waals surface area (Å²) in [6.45, 7) is -0.392. The molecule has 0 aromatic rings. The third-order valence-electron chi connectivity index (χ3n) is 4.58. The van der Waals surface area contributed by atoms with Gasteiger partial charge in [-0.15, -0.1) is 11.8 Å². The number of thioether (sulfide) groups is 1. The molecule has 13 nitrogen and oxygen atoms in total. The monoisotopic (exact) mass is 446 g/mol. The van der Waals surface area contributed by atoms with Gasteiger partial charge in [0.2, 0.25) is 5.91 Å². The fraction of sp³-hybridized carbons (Fsp3) is 0.562. The number of methoxy groups -OCH3 is 1. The molecule has 2 heterocycles. The molecule has 3 atom stereocenters. The number of primary amides is 1. The van der Waals surface area contributed by atoms with Crippen LogP contribution in [0.3, 0.4) is 0 Å². The number of amides is 3. The number of nitrogens with two attached hydrogens (primary N) is 2. The summed E-state index contributed by atoms with van der Waals surface area (Å²) in [5.74, 6) is -3.87. The summed E-state index contributed by atoms with van der Waals surface area (Å²) >= 11 is 1.12. The maximum atomic E-state index is 12.8. The molecular weight excluding hydrogens is 424 g/mol. The van der Waals surface area contributed by atoms with Gasteiger partial charge in [-0.2, -0.15) is 0 Å². The Labute approximate surface area is 174 Å². The van der Waals surface area contributed by atoms with Crippen molar-refractivity contribution in [3.63, 3.8) is 0 Å². The fourth-order valence-corrected chi connectivity index (χ4v) is 4.51. The number of carbonyl (C=O) groups excluding carboxylic acids is 3. The smallest absolute Gasteiger partial charge is 0.404 e. The van der Waals surface area contributed by atoms with Gasteiger partial charge in [0.15, 0.2) is 0 Å². The lowest BCUT2D eigenvalue weighted by Crippen LogP contribution is -2.80. The van der Waals surface area contributed by atoms with E-state index in [2.05, 4.69) is 10.1 Å². The number of fused-ring (bicyclic) bond motifs is 1. The molecule has 0 bridgehead atoms. The number of nitrogens with one attached hydrogen (secondary N) is 1. The van der Waals surface area contributed by atoms with Crippen LogP contribution in [0.4, 0.5) is 4.79 Å². The van der Waals surface area contributed by atoms with Crippen molar-refractivity contribution in [3.8, 4) is 0 Å². The number of carboxylic acids is 2. The summed E-state index contributed by atoms with van der Waals surface area (Å²) in [4.78, 5) is 59.3. The van der Waals surface area contributed by atoms with Gasteiger partial charge in [-0.1, -0.05) is 0 Å². The van der Waals surface area contributed by atoms with E-state index in [1.807, 2.05) is 0 Å². The van der Waals surface area contributed by atoms with Crippen LogP contribution < -0.4 is 16.8 Å². The van der Waals surface area contributed by atoms with Crippen molar-refractivity contribution in [3.05, 3.63) is 11.3 Å². The standard InChI is InChI=1S/C16H22N4O9S/c1-28-16(19-9(21)4-2-3-8(17)11(22)23)13(26)20-10(12(24)25)7(5-29-15(18)27)6-30-14(16)20/h8,14H,2-6,17H2,1H3,(H2,18,27)(H,19,21)(H,22,23)(H,24,25). The first-order valence-corrected chi connectivity index (χ1v) is 9.77. The van der Waals surface area contributed by atoms with Gasteiger partial charge in [-0.25, -0.2) is 9.59 Å². The molecule has 2 rings (SSSR count). The van der Waals surface area contributed by atoms with E-state index in [1.54, 1.807) is 0 Å². The lowest BCUT2D eigenvalue weighted by Gasteiger charge is -2.55. The second kappa shape index (κ2) is 9.32. The zero-order chi connectivity index (χ0) is 22.6. The number of carboxylic acid groups (broad SMARTS) is 2. The summed E-state index contributed by atoms with van der Waals surface area (Å²) in [6.07, 6.45) is -0.953. The lowest BCUT2D eigenvalue weighted by molar-refractivity contribution is -0.192. The molecule has 0 saturated carbocycles. The highest BCUT2D eigenvalue weighted by atomic mass is 32.2. The van der Waals surface area contributed by atoms with Gasteiger partial charge in [0, 0.05) is 24.9 Å². The third kappa shape index (κ3) is 4.49. The first kappa shape index (κ1) is 23.4. The van der Waals surface area contributed by atoms with Crippen LogP contribution in [0, 0.1) is 0 Å². The van der Waals surface area contributed by atoms with Crippen molar-refractivity contribution in [2.24, 2.45) is 11.5 Å². The fourth-order valence-electron chi connectivity index (χ4n) is 3.09. The minimum Gasteiger partial charge on any atom is -0.480 e. The number of carbonyl (C=O) groups is 5. The van der Waals surface area contributed by atoms with Gasteiger partial charge in [-0.3, -0.25) is 19.3 Å². The van der Waals surface area contributed by atoms with Crippen molar-refractivity contribution < 1.29 is 43.7 Å². The molecule has 7 N–H and O–H groups in total. The number of aliphatic carboxylic acids is 2. The molecule has 0 aliphatic carbocycles. The second-order valence-electron chi connectivity index (χ2n) is 6.53. The van der Waals surface area contributed by atoms with E-state index in [4.69, 9.17) is 21.3 Å². The Morgan fingerprint density at radius 2 is 2.03 bits per heavy atom. The zero-order valence-electron chi connectivity index (χ0n) is 16.0. The van der Waals surface area contributed by atoms with Crippen LogP contribution in [0.15, 0.2) is 11.3 Å². The average Bonchev–Trinajstić information content (AvgIpc) is 2.68. The van der Waals surface area contributed by atoms with Crippen molar-refractivity contribution in [2.75, 3.05) is 19.5 Å². The Kier molecular flexibility index (Phi) is 7.28. The molecule has 0 spiro atoms. The van der Waals surface area contributed by atoms with Gasteiger partial charge in [0.05, 0.1) is 0 Å². The number of β-lactam (4-membered cyclic amide) rings is 1. The summed E-state index contributed by atoms with van der Waals surface area (Å²) in [6, 6.07) is -1.10. The highest BCUT2D eigenvalue weighted by Crippen LogP contribution is 2.46. The minimum atomic E-state index is -1.77. The van der Waals surface area contributed by atoms with Crippen LogP contribution in [-0.4, -0.2) is 81.6 Å². The largest absolute Gasteiger partial charge is 0.480 e. The minimum absolute atomic E-state index is 0.0656. The van der Waals surface area contributed by atoms with Crippen LogP contribution in [-0.2, 0) is 28.7 Å². The Hall–Kier alpha value is -2.84. The predicted octanol–water partition coefficient (Wildman–Crippen LogP) is -1.62. The highest BCUT2D eigenvalue weighted by Gasteiger charge is 2.66. The Morgan fingerprint density at radius 1 is 1.37 bits per heavy atom. The Balaban J connectivity index is 2.11. The topological polar surface area (TPSA) is 212 Å². The number of nitrogens with zero attached hydrogens (tertiary/aromatic N) is 1. The highest BCUT2D eigenvalue weighted by molar-refractivity contribution is 8.00. The maximum absolute atomic E-state index is 12.8. The van der Waals surface area contributed by atoms with E-state index >= 15 is 0 Å². The summed E-state index contributed by atoms with van der Waals surface area (Å²) in [5, 5.41) is 19.9. The molecule has 0 aromatic heterocycles. The molecule has 0 aromatic carbocycles. The van der Waals surface area contributed by atoms with Gasteiger partial charge in [0.25, 0.3) is 11.6 Å². The Bertz CT molecular complexity index is 802. The quantitative estimate of drug-likeness (QED) is 0.190. The van der Waals surface area contributed by atoms with Crippen molar-refractivity contribution in [2.45, 2.75) is 36.4 Å². The van der Waals surface area contributed by atoms with E-state index in [9.17, 15) is 29.1 Å². The average molecular weight is 446 g/mol. The summed E-state index contributed by atoms with van der Waals surface area (Å²) in [7, 11) is 1.20. The van der Waals surface area contributed by atoms with E-state index in [0.717, 1.165) is 16.7 Å². The molecular formula is C16H22N4O9S. The van der Waals surface area contributed by atoms with E-state index in [-0.39, 0.29) is 36.3 Å². The summed E-state index contributed by atoms with van der Waals surface area (Å²) < 4.78 is 9.91. The first-order valence-electron chi connectivity index (χ1n) is 8.72. The molecule has 0 radical (unpaired) electrons. The van der Waals surface area contributed by atoms with Crippen molar-refractivity contribution in [1.29, 1.82) is 0 Å². The maximum Gasteiger partial charge on any atom is 0.404 e. The SMILES string of the molecule is COC1(NC(=O)CCCC(N)C(=O)O)C(=O)N2C(C(=O)O)=C(COC(N)=O)CSC21. The number of ether oxygens (including phenoxy) is 2. The second-order valence-corrected chi connectivity index (χ2v) is 7.60. The lowest BCUT2D eigenvalue weighted by atomic mass is 9.97. The number of rotatable bonds is 10. The molecule has 3 unspecified atom stereocenters. The van der Waals surface area contributed by atoms with E-state index < -0.39 is 53.6 Å². The molecule has 14 heteroatoms. The van der Waals surface area contributed by atoms with Gasteiger partial charge < -0.3 is 36.5 Å². The van der Waals surface area contributed by atoms with E-state index in [1.165, 1.54) is 7.11 Å². The first-order chi connectivity index (χ1) is 14.0. The van der Waals surface area contributed by atoms with Crippen molar-refractivity contribution in [1.82, 2.24) is 10.2 Å². The Morgan fingerprint density at radius 3 is 2.57 bits per heavy atom. The van der Waals surface area contributed by atoms with Crippen LogP contribution in [0.1, 0.15) is 19.3 Å². The van der Waals surface area contributed by atoms with Crippen LogP contribution in [0.5, 0.6) is 0 Å². The van der Waals surface area contributed by atoms with Crippen LogP contribution >= 0.6 is 11.8 Å². The van der Waals surface area contributed by atoms with Gasteiger partial charge in [0.1, 0.15) is 23.7 Å². The molecule has 3 amide bonds. The zero-order valence-corrected chi connectivity index (χ0v) is 16.8. The van der Waals surface area contributed by atoms with Crippen LogP contribution in [0.25, 0.3) is 0 Å². The molecule has 30 heavy (non-hydrogen) atoms. The van der Waals surface area contributed by atoms with Gasteiger partial charge >= 0.3 is 18.0 Å². The molecule has 166 valence electrons. The number of hydrogen-bond acceptors (Lipinski definition) is 9. The summed E-state index contributed by atoms with van der Waals surface area (Å²) in [5.41, 5.74) is 8.33. The number of hydrogen-bond donors (Lipinski definition) is 5. The molecule has 1 fully saturated rings. The normalized spacial score (nSPS) is 23.9. The van der Waals surface area contributed by atoms with Crippen molar-refractivity contribution >= 4 is 41.6 Å². The molecule has 2 aliphatic heterocycles.